The highest BCUT2D eigenvalue weighted by Gasteiger charge is 2.21. The second-order valence-electron chi connectivity index (χ2n) is 3.41. The van der Waals surface area contributed by atoms with Crippen LogP contribution >= 0.6 is 11.8 Å². The van der Waals surface area contributed by atoms with Gasteiger partial charge in [-0.15, -0.1) is 0 Å². The molecule has 0 fully saturated rings. The van der Waals surface area contributed by atoms with E-state index in [0.29, 0.717) is 12.2 Å². The molecule has 0 aromatic heterocycles. The molecule has 4 nitrogen and oxygen atoms in total. The van der Waals surface area contributed by atoms with Gasteiger partial charge in [0.25, 0.3) is 0 Å². The summed E-state index contributed by atoms with van der Waals surface area (Å²) in [4.78, 5) is 22.7. The molecular formula is C10H19NO3S. The number of thioether (sulfide) groups is 1. The van der Waals surface area contributed by atoms with Crippen molar-refractivity contribution in [2.75, 3.05) is 12.0 Å². The maximum atomic E-state index is 11.5. The van der Waals surface area contributed by atoms with Crippen LogP contribution in [0, 0.1) is 0 Å². The van der Waals surface area contributed by atoms with Crippen molar-refractivity contribution in [1.82, 2.24) is 5.32 Å². The average Bonchev–Trinajstić information content (AvgIpc) is 2.15. The van der Waals surface area contributed by atoms with E-state index in [9.17, 15) is 9.59 Å². The molecule has 5 heteroatoms. The Hall–Kier alpha value is -0.710. The smallest absolute Gasteiger partial charge is 0.329 e. The molecular weight excluding hydrogens is 214 g/mol. The van der Waals surface area contributed by atoms with Crippen LogP contribution in [0.5, 0.6) is 0 Å². The van der Waals surface area contributed by atoms with Crippen molar-refractivity contribution in [3.63, 3.8) is 0 Å². The van der Waals surface area contributed by atoms with E-state index in [1.165, 1.54) is 11.8 Å². The van der Waals surface area contributed by atoms with Crippen molar-refractivity contribution in [3.05, 3.63) is 0 Å². The minimum Gasteiger partial charge on any atom is -0.461 e. The number of ether oxygens (including phenoxy) is 1. The number of nitrogens with one attached hydrogen (secondary N) is 1. The summed E-state index contributed by atoms with van der Waals surface area (Å²) in [5.74, 6) is 0.0491. The second kappa shape index (κ2) is 7.56. The summed E-state index contributed by atoms with van der Waals surface area (Å²) < 4.78 is 5.04. The Morgan fingerprint density at radius 1 is 1.40 bits per heavy atom. The Kier molecular flexibility index (Phi) is 7.21. The molecule has 0 aromatic carbocycles. The fourth-order valence-electron chi connectivity index (χ4n) is 0.946. The first-order valence-electron chi connectivity index (χ1n) is 5.00. The number of hydrogen-bond donors (Lipinski definition) is 1. The average molecular weight is 233 g/mol. The lowest BCUT2D eigenvalue weighted by atomic mass is 10.3. The highest BCUT2D eigenvalue weighted by molar-refractivity contribution is 7.98. The first kappa shape index (κ1) is 14.3. The van der Waals surface area contributed by atoms with Crippen molar-refractivity contribution in [3.8, 4) is 0 Å². The van der Waals surface area contributed by atoms with Gasteiger partial charge in [0.2, 0.25) is 5.91 Å². The Morgan fingerprint density at radius 3 is 2.40 bits per heavy atom. The SMILES string of the molecule is CCC(=O)N[C@@H](CSC)C(=O)OC(C)C. The van der Waals surface area contributed by atoms with Gasteiger partial charge in [0.15, 0.2) is 0 Å². The van der Waals surface area contributed by atoms with Crippen LogP contribution in [-0.4, -0.2) is 36.0 Å². The van der Waals surface area contributed by atoms with Gasteiger partial charge in [-0.1, -0.05) is 6.92 Å². The zero-order valence-corrected chi connectivity index (χ0v) is 10.5. The maximum Gasteiger partial charge on any atom is 0.329 e. The largest absolute Gasteiger partial charge is 0.461 e. The third-order valence-corrected chi connectivity index (χ3v) is 2.29. The topological polar surface area (TPSA) is 55.4 Å². The molecule has 1 N–H and O–H groups in total. The van der Waals surface area contributed by atoms with Gasteiger partial charge in [-0.25, -0.2) is 4.79 Å². The van der Waals surface area contributed by atoms with Crippen LogP contribution < -0.4 is 5.32 Å². The van der Waals surface area contributed by atoms with Crippen molar-refractivity contribution in [1.29, 1.82) is 0 Å². The lowest BCUT2D eigenvalue weighted by Crippen LogP contribution is -2.44. The van der Waals surface area contributed by atoms with Crippen LogP contribution in [0.4, 0.5) is 0 Å². The summed E-state index contributed by atoms with van der Waals surface area (Å²) in [6, 6.07) is -0.533. The zero-order chi connectivity index (χ0) is 11.8. The van der Waals surface area contributed by atoms with Gasteiger partial charge >= 0.3 is 5.97 Å². The molecule has 0 unspecified atom stereocenters. The van der Waals surface area contributed by atoms with Gasteiger partial charge in [0.05, 0.1) is 6.10 Å². The molecule has 0 saturated carbocycles. The maximum absolute atomic E-state index is 11.5. The van der Waals surface area contributed by atoms with Gasteiger partial charge in [-0.2, -0.15) is 11.8 Å². The summed E-state index contributed by atoms with van der Waals surface area (Å²) in [7, 11) is 0. The second-order valence-corrected chi connectivity index (χ2v) is 4.33. The molecule has 0 aliphatic carbocycles. The van der Waals surface area contributed by atoms with Crippen molar-refractivity contribution >= 4 is 23.6 Å². The first-order chi connectivity index (χ1) is 7.01. The van der Waals surface area contributed by atoms with E-state index in [0.717, 1.165) is 0 Å². The Labute approximate surface area is 95.1 Å². The van der Waals surface area contributed by atoms with E-state index in [1.54, 1.807) is 20.8 Å². The summed E-state index contributed by atoms with van der Waals surface area (Å²) in [5, 5.41) is 2.64. The van der Waals surface area contributed by atoms with E-state index < -0.39 is 6.04 Å². The van der Waals surface area contributed by atoms with E-state index in [-0.39, 0.29) is 18.0 Å². The predicted octanol–water partition coefficient (Wildman–Crippen LogP) is 1.20. The van der Waals surface area contributed by atoms with E-state index in [4.69, 9.17) is 4.74 Å². The van der Waals surface area contributed by atoms with Crippen LogP contribution in [0.1, 0.15) is 27.2 Å². The Bertz CT molecular complexity index is 219. The van der Waals surface area contributed by atoms with Gasteiger partial charge in [0, 0.05) is 12.2 Å². The van der Waals surface area contributed by atoms with Crippen LogP contribution in [0.3, 0.4) is 0 Å². The predicted molar refractivity (Wildman–Crippen MR) is 61.8 cm³/mol. The number of esters is 1. The molecule has 0 aliphatic rings. The lowest BCUT2D eigenvalue weighted by molar-refractivity contribution is -0.150. The molecule has 0 saturated heterocycles. The number of carbonyl (C=O) groups excluding carboxylic acids is 2. The van der Waals surface area contributed by atoms with E-state index in [1.807, 2.05) is 6.26 Å². The highest BCUT2D eigenvalue weighted by Crippen LogP contribution is 2.02. The molecule has 88 valence electrons. The molecule has 1 atom stereocenters. The van der Waals surface area contributed by atoms with Gasteiger partial charge in [-0.3, -0.25) is 4.79 Å². The number of rotatable bonds is 6. The standard InChI is InChI=1S/C10H19NO3S/c1-5-9(12)11-8(6-15-4)10(13)14-7(2)3/h7-8H,5-6H2,1-4H3,(H,11,12)/t8-/m0/s1. The van der Waals surface area contributed by atoms with Gasteiger partial charge in [-0.05, 0) is 20.1 Å². The molecule has 0 aliphatic heterocycles. The highest BCUT2D eigenvalue weighted by atomic mass is 32.2. The number of carbonyl (C=O) groups is 2. The Balaban J connectivity index is 4.24. The van der Waals surface area contributed by atoms with E-state index >= 15 is 0 Å². The number of hydrogen-bond acceptors (Lipinski definition) is 4. The Morgan fingerprint density at radius 2 is 2.00 bits per heavy atom. The van der Waals surface area contributed by atoms with Crippen LogP contribution in [-0.2, 0) is 14.3 Å². The third-order valence-electron chi connectivity index (χ3n) is 1.63. The normalized spacial score (nSPS) is 12.3. The van der Waals surface area contributed by atoms with Crippen LogP contribution in [0.2, 0.25) is 0 Å². The summed E-state index contributed by atoms with van der Waals surface area (Å²) in [5.41, 5.74) is 0. The molecule has 0 bridgehead atoms. The minimum atomic E-state index is -0.533. The van der Waals surface area contributed by atoms with Gasteiger partial charge in [0.1, 0.15) is 6.04 Å². The van der Waals surface area contributed by atoms with Crippen LogP contribution in [0.15, 0.2) is 0 Å². The molecule has 15 heavy (non-hydrogen) atoms. The summed E-state index contributed by atoms with van der Waals surface area (Å²) >= 11 is 1.50. The van der Waals surface area contributed by atoms with Crippen LogP contribution in [0.25, 0.3) is 0 Å². The summed E-state index contributed by atoms with van der Waals surface area (Å²) in [6.45, 7) is 5.32. The third kappa shape index (κ3) is 6.38. The molecule has 1 amide bonds. The minimum absolute atomic E-state index is 0.130. The molecule has 0 spiro atoms. The molecule has 0 rings (SSSR count). The van der Waals surface area contributed by atoms with Gasteiger partial charge < -0.3 is 10.1 Å². The summed E-state index contributed by atoms with van der Waals surface area (Å²) in [6.07, 6.45) is 2.11. The lowest BCUT2D eigenvalue weighted by Gasteiger charge is -2.17. The monoisotopic (exact) mass is 233 g/mol. The first-order valence-corrected chi connectivity index (χ1v) is 6.39. The fraction of sp³-hybridized carbons (Fsp3) is 0.800. The molecule has 0 aromatic rings. The van der Waals surface area contributed by atoms with E-state index in [2.05, 4.69) is 5.32 Å². The molecule has 0 heterocycles. The van der Waals surface area contributed by atoms with Crippen molar-refractivity contribution < 1.29 is 14.3 Å². The van der Waals surface area contributed by atoms with Crippen molar-refractivity contribution in [2.24, 2.45) is 0 Å². The zero-order valence-electron chi connectivity index (χ0n) is 9.70. The molecule has 0 radical (unpaired) electrons. The number of amides is 1. The fourth-order valence-corrected chi connectivity index (χ4v) is 1.50. The van der Waals surface area contributed by atoms with Crippen molar-refractivity contribution in [2.45, 2.75) is 39.3 Å². The quantitative estimate of drug-likeness (QED) is 0.700.